The molecule has 0 unspecified atom stereocenters. The minimum atomic E-state index is -0.0918. The number of fused-ring (bicyclic) bond motifs is 1. The molecule has 0 spiro atoms. The summed E-state index contributed by atoms with van der Waals surface area (Å²) in [6.07, 6.45) is 2.28. The molecule has 26 heavy (non-hydrogen) atoms. The van der Waals surface area contributed by atoms with E-state index >= 15 is 0 Å². The summed E-state index contributed by atoms with van der Waals surface area (Å²) in [5.41, 5.74) is 2.60. The van der Waals surface area contributed by atoms with Gasteiger partial charge in [-0.3, -0.25) is 9.36 Å². The van der Waals surface area contributed by atoms with Crippen LogP contribution in [0, 0.1) is 0 Å². The largest absolute Gasteiger partial charge is 0.494 e. The fourth-order valence-corrected chi connectivity index (χ4v) is 3.38. The second-order valence-electron chi connectivity index (χ2n) is 6.44. The van der Waals surface area contributed by atoms with Gasteiger partial charge in [-0.1, -0.05) is 12.1 Å². The highest BCUT2D eigenvalue weighted by Crippen LogP contribution is 2.24. The molecule has 0 saturated carbocycles. The molecule has 0 bridgehead atoms. The van der Waals surface area contributed by atoms with Crippen molar-refractivity contribution in [2.45, 2.75) is 25.8 Å². The second-order valence-corrected chi connectivity index (χ2v) is 6.44. The predicted octanol–water partition coefficient (Wildman–Crippen LogP) is 2.93. The van der Waals surface area contributed by atoms with E-state index < -0.39 is 0 Å². The van der Waals surface area contributed by atoms with Crippen molar-refractivity contribution >= 4 is 22.6 Å². The molecule has 4 rings (SSSR count). The molecular formula is C20H21N3O3. The standard InChI is InChI=1S/C20H21N3O3/c24-19-7-3-12-22(19)15-8-10-16(11-9-15)26-14-4-13-23-18-6-2-1-5-17(18)21-20(23)25/h1-2,5-6,8-11H,3-4,7,12-14H2,(H,21,25). The third-order valence-corrected chi connectivity index (χ3v) is 4.70. The smallest absolute Gasteiger partial charge is 0.326 e. The number of aromatic amines is 1. The Morgan fingerprint density at radius 1 is 1.04 bits per heavy atom. The summed E-state index contributed by atoms with van der Waals surface area (Å²) in [5.74, 6) is 0.953. The number of ether oxygens (including phenoxy) is 1. The van der Waals surface area contributed by atoms with Crippen LogP contribution in [0.3, 0.4) is 0 Å². The van der Waals surface area contributed by atoms with Gasteiger partial charge in [-0.25, -0.2) is 4.79 Å². The summed E-state index contributed by atoms with van der Waals surface area (Å²) in [6.45, 7) is 1.91. The van der Waals surface area contributed by atoms with Crippen molar-refractivity contribution in [3.05, 3.63) is 59.0 Å². The zero-order valence-electron chi connectivity index (χ0n) is 14.5. The molecule has 1 fully saturated rings. The van der Waals surface area contributed by atoms with E-state index in [0.717, 1.165) is 41.9 Å². The zero-order valence-corrected chi connectivity index (χ0v) is 14.5. The fourth-order valence-electron chi connectivity index (χ4n) is 3.38. The number of amides is 1. The lowest BCUT2D eigenvalue weighted by molar-refractivity contribution is -0.117. The number of imidazole rings is 1. The second kappa shape index (κ2) is 7.07. The van der Waals surface area contributed by atoms with Crippen molar-refractivity contribution < 1.29 is 9.53 Å². The molecule has 134 valence electrons. The number of carbonyl (C=O) groups is 1. The van der Waals surface area contributed by atoms with Crippen LogP contribution in [0.5, 0.6) is 5.75 Å². The van der Waals surface area contributed by atoms with Crippen LogP contribution in [0.2, 0.25) is 0 Å². The number of hydrogen-bond acceptors (Lipinski definition) is 3. The fraction of sp³-hybridized carbons (Fsp3) is 0.300. The minimum absolute atomic E-state index is 0.0918. The van der Waals surface area contributed by atoms with Gasteiger partial charge in [-0.2, -0.15) is 0 Å². The molecule has 0 aliphatic carbocycles. The van der Waals surface area contributed by atoms with Crippen molar-refractivity contribution in [1.29, 1.82) is 0 Å². The van der Waals surface area contributed by atoms with Crippen molar-refractivity contribution in [3.63, 3.8) is 0 Å². The quantitative estimate of drug-likeness (QED) is 0.695. The van der Waals surface area contributed by atoms with Crippen LogP contribution in [0.15, 0.2) is 53.3 Å². The van der Waals surface area contributed by atoms with Crippen molar-refractivity contribution in [1.82, 2.24) is 9.55 Å². The van der Waals surface area contributed by atoms with Gasteiger partial charge in [-0.15, -0.1) is 0 Å². The number of rotatable bonds is 6. The molecular weight excluding hydrogens is 330 g/mol. The van der Waals surface area contributed by atoms with Crippen LogP contribution >= 0.6 is 0 Å². The van der Waals surface area contributed by atoms with E-state index in [1.807, 2.05) is 53.4 Å². The Labute approximate surface area is 151 Å². The highest BCUT2D eigenvalue weighted by Gasteiger charge is 2.21. The van der Waals surface area contributed by atoms with Gasteiger partial charge in [-0.05, 0) is 49.2 Å². The summed E-state index contributed by atoms with van der Waals surface area (Å²) >= 11 is 0. The first-order valence-corrected chi connectivity index (χ1v) is 8.93. The number of hydrogen-bond donors (Lipinski definition) is 1. The van der Waals surface area contributed by atoms with Crippen LogP contribution in [0.25, 0.3) is 11.0 Å². The van der Waals surface area contributed by atoms with Crippen LogP contribution in [-0.2, 0) is 11.3 Å². The third kappa shape index (κ3) is 3.22. The van der Waals surface area contributed by atoms with E-state index in [1.54, 1.807) is 4.57 Å². The maximum Gasteiger partial charge on any atom is 0.326 e. The van der Waals surface area contributed by atoms with Crippen molar-refractivity contribution in [2.75, 3.05) is 18.1 Å². The lowest BCUT2D eigenvalue weighted by Crippen LogP contribution is -2.23. The van der Waals surface area contributed by atoms with Crippen LogP contribution in [0.4, 0.5) is 5.69 Å². The van der Waals surface area contributed by atoms with Gasteiger partial charge in [0, 0.05) is 25.2 Å². The average Bonchev–Trinajstić information content (AvgIpc) is 3.22. The average molecular weight is 351 g/mol. The van der Waals surface area contributed by atoms with Crippen molar-refractivity contribution in [2.24, 2.45) is 0 Å². The zero-order chi connectivity index (χ0) is 17.9. The first-order chi connectivity index (χ1) is 12.7. The Morgan fingerprint density at radius 3 is 2.62 bits per heavy atom. The molecule has 2 aromatic carbocycles. The van der Waals surface area contributed by atoms with Gasteiger partial charge in [0.05, 0.1) is 17.6 Å². The van der Waals surface area contributed by atoms with Gasteiger partial charge in [0.1, 0.15) is 5.75 Å². The van der Waals surface area contributed by atoms with Gasteiger partial charge >= 0.3 is 5.69 Å². The lowest BCUT2D eigenvalue weighted by atomic mass is 10.3. The molecule has 1 amide bonds. The Hall–Kier alpha value is -3.02. The van der Waals surface area contributed by atoms with Crippen LogP contribution in [0.1, 0.15) is 19.3 Å². The molecule has 1 N–H and O–H groups in total. The predicted molar refractivity (Wildman–Crippen MR) is 101 cm³/mol. The Morgan fingerprint density at radius 2 is 1.85 bits per heavy atom. The maximum absolute atomic E-state index is 12.0. The number of aryl methyl sites for hydroxylation is 1. The highest BCUT2D eigenvalue weighted by atomic mass is 16.5. The van der Waals surface area contributed by atoms with E-state index in [0.29, 0.717) is 19.6 Å². The Balaban J connectivity index is 1.32. The molecule has 1 aliphatic rings. The summed E-state index contributed by atoms with van der Waals surface area (Å²) < 4.78 is 7.51. The first kappa shape index (κ1) is 16.4. The summed E-state index contributed by atoms with van der Waals surface area (Å²) in [6, 6.07) is 15.3. The monoisotopic (exact) mass is 351 g/mol. The molecule has 6 heteroatoms. The molecule has 6 nitrogen and oxygen atoms in total. The van der Waals surface area contributed by atoms with Gasteiger partial charge in [0.15, 0.2) is 0 Å². The maximum atomic E-state index is 12.0. The number of H-pyrrole nitrogens is 1. The van der Waals surface area contributed by atoms with Gasteiger partial charge in [0.2, 0.25) is 5.91 Å². The number of aromatic nitrogens is 2. The van der Waals surface area contributed by atoms with E-state index in [9.17, 15) is 9.59 Å². The molecule has 1 saturated heterocycles. The van der Waals surface area contributed by atoms with E-state index in [2.05, 4.69) is 4.98 Å². The number of nitrogens with zero attached hydrogens (tertiary/aromatic N) is 2. The number of nitrogens with one attached hydrogen (secondary N) is 1. The molecule has 2 heterocycles. The molecule has 0 atom stereocenters. The van der Waals surface area contributed by atoms with E-state index in [1.165, 1.54) is 0 Å². The molecule has 1 aliphatic heterocycles. The van der Waals surface area contributed by atoms with Gasteiger partial charge < -0.3 is 14.6 Å². The first-order valence-electron chi connectivity index (χ1n) is 8.93. The normalized spacial score (nSPS) is 14.3. The van der Waals surface area contributed by atoms with E-state index in [-0.39, 0.29) is 11.6 Å². The summed E-state index contributed by atoms with van der Waals surface area (Å²) in [5, 5.41) is 0. The third-order valence-electron chi connectivity index (χ3n) is 4.70. The van der Waals surface area contributed by atoms with Crippen LogP contribution in [-0.4, -0.2) is 28.6 Å². The molecule has 0 radical (unpaired) electrons. The summed E-state index contributed by atoms with van der Waals surface area (Å²) in [7, 11) is 0. The Bertz CT molecular complexity index is 972. The van der Waals surface area contributed by atoms with Crippen molar-refractivity contribution in [3.8, 4) is 5.75 Å². The SMILES string of the molecule is O=C1CCCN1c1ccc(OCCCn2c(=O)[nH]c3ccccc32)cc1. The lowest BCUT2D eigenvalue weighted by Gasteiger charge is -2.16. The number of anilines is 1. The number of carbonyl (C=O) groups excluding carboxylic acids is 1. The highest BCUT2D eigenvalue weighted by molar-refractivity contribution is 5.95. The number of benzene rings is 2. The van der Waals surface area contributed by atoms with Crippen LogP contribution < -0.4 is 15.3 Å². The summed E-state index contributed by atoms with van der Waals surface area (Å²) in [4.78, 5) is 28.5. The minimum Gasteiger partial charge on any atom is -0.494 e. The Kier molecular flexibility index (Phi) is 4.48. The number of para-hydroxylation sites is 2. The van der Waals surface area contributed by atoms with E-state index in [4.69, 9.17) is 4.74 Å². The molecule has 1 aromatic heterocycles. The topological polar surface area (TPSA) is 67.3 Å². The molecule has 3 aromatic rings. The van der Waals surface area contributed by atoms with Gasteiger partial charge in [0.25, 0.3) is 0 Å².